The van der Waals surface area contributed by atoms with Gasteiger partial charge in [0.15, 0.2) is 0 Å². The summed E-state index contributed by atoms with van der Waals surface area (Å²) in [5.74, 6) is 0.804. The van der Waals surface area contributed by atoms with Gasteiger partial charge in [0.25, 0.3) is 0 Å². The molecule has 5 heteroatoms. The van der Waals surface area contributed by atoms with Crippen molar-refractivity contribution in [2.24, 2.45) is 0 Å². The maximum Gasteiger partial charge on any atom is 0.125 e. The summed E-state index contributed by atoms with van der Waals surface area (Å²) in [4.78, 5) is 0. The van der Waals surface area contributed by atoms with E-state index in [-0.39, 0.29) is 0 Å². The number of rotatable bonds is 5. The maximum absolute atomic E-state index is 9.56. The highest BCUT2D eigenvalue weighted by atomic mass is 35.5. The first kappa shape index (κ1) is 21.3. The molecule has 0 fully saturated rings. The molecule has 3 rings (SSSR count). The second kappa shape index (κ2) is 9.37. The molecule has 0 aliphatic heterocycles. The van der Waals surface area contributed by atoms with E-state index in [2.05, 4.69) is 6.07 Å². The monoisotopic (exact) mass is 441 g/mol. The molecule has 0 bridgehead atoms. The molecule has 0 saturated heterocycles. The van der Waals surface area contributed by atoms with Crippen LogP contribution in [-0.4, -0.2) is 0 Å². The third-order valence-corrected chi connectivity index (χ3v) is 5.30. The summed E-state index contributed by atoms with van der Waals surface area (Å²) in [7, 11) is 0. The number of nitriles is 1. The molecule has 0 atom stereocenters. The van der Waals surface area contributed by atoms with Crippen LogP contribution in [0.4, 0.5) is 0 Å². The van der Waals surface area contributed by atoms with Crippen molar-refractivity contribution < 1.29 is 4.74 Å². The zero-order chi connectivity index (χ0) is 21.0. The summed E-state index contributed by atoms with van der Waals surface area (Å²) in [6.45, 7) is 4.32. The second-order valence-electron chi connectivity index (χ2n) is 6.68. The van der Waals surface area contributed by atoms with E-state index < -0.39 is 0 Å². The Morgan fingerprint density at radius 1 is 0.931 bits per heavy atom. The molecule has 3 aromatic rings. The second-order valence-corrected chi connectivity index (χ2v) is 7.97. The summed E-state index contributed by atoms with van der Waals surface area (Å²) in [6.07, 6.45) is 1.86. The number of aryl methyl sites for hydroxylation is 2. The molecule has 3 aromatic carbocycles. The topological polar surface area (TPSA) is 33.0 Å². The van der Waals surface area contributed by atoms with Crippen LogP contribution in [0.2, 0.25) is 15.1 Å². The van der Waals surface area contributed by atoms with Crippen LogP contribution in [0.5, 0.6) is 5.75 Å². The fourth-order valence-electron chi connectivity index (χ4n) is 3.06. The summed E-state index contributed by atoms with van der Waals surface area (Å²) >= 11 is 18.1. The van der Waals surface area contributed by atoms with Gasteiger partial charge < -0.3 is 4.74 Å². The average molecular weight is 443 g/mol. The fourth-order valence-corrected chi connectivity index (χ4v) is 3.65. The van der Waals surface area contributed by atoms with Gasteiger partial charge in [-0.25, -0.2) is 0 Å². The van der Waals surface area contributed by atoms with Gasteiger partial charge >= 0.3 is 0 Å². The maximum atomic E-state index is 9.56. The number of benzene rings is 3. The number of ether oxygens (including phenoxy) is 1. The van der Waals surface area contributed by atoms with Crippen LogP contribution in [-0.2, 0) is 6.61 Å². The molecule has 29 heavy (non-hydrogen) atoms. The SMILES string of the molecule is Cc1cc(/C=C(\C#N)c2ccc(Cl)cc2)cc(C)c1OCc1ccc(Cl)cc1Cl. The molecule has 0 aromatic heterocycles. The summed E-state index contributed by atoms with van der Waals surface area (Å²) in [5, 5.41) is 11.4. The van der Waals surface area contributed by atoms with E-state index >= 15 is 0 Å². The van der Waals surface area contributed by atoms with Crippen molar-refractivity contribution in [3.05, 3.63) is 97.5 Å². The van der Waals surface area contributed by atoms with Crippen molar-refractivity contribution in [2.45, 2.75) is 20.5 Å². The van der Waals surface area contributed by atoms with Crippen molar-refractivity contribution in [2.75, 3.05) is 0 Å². The van der Waals surface area contributed by atoms with Gasteiger partial charge in [-0.15, -0.1) is 0 Å². The molecular formula is C24H18Cl3NO. The van der Waals surface area contributed by atoms with Crippen LogP contribution in [0.15, 0.2) is 54.6 Å². The van der Waals surface area contributed by atoms with E-state index in [0.29, 0.717) is 27.2 Å². The predicted octanol–water partition coefficient (Wildman–Crippen LogP) is 7.91. The van der Waals surface area contributed by atoms with Crippen molar-refractivity contribution in [3.8, 4) is 11.8 Å². The Morgan fingerprint density at radius 2 is 1.55 bits per heavy atom. The quantitative estimate of drug-likeness (QED) is 0.297. The largest absolute Gasteiger partial charge is 0.488 e. The molecule has 0 aliphatic rings. The lowest BCUT2D eigenvalue weighted by molar-refractivity contribution is 0.302. The van der Waals surface area contributed by atoms with Gasteiger partial charge in [-0.1, -0.05) is 53.0 Å². The smallest absolute Gasteiger partial charge is 0.125 e. The van der Waals surface area contributed by atoms with Crippen molar-refractivity contribution in [1.82, 2.24) is 0 Å². The molecule has 0 saturated carbocycles. The predicted molar refractivity (Wildman–Crippen MR) is 122 cm³/mol. The Kier molecular flexibility index (Phi) is 6.87. The Morgan fingerprint density at radius 3 is 2.14 bits per heavy atom. The lowest BCUT2D eigenvalue weighted by Gasteiger charge is -2.14. The van der Waals surface area contributed by atoms with Gasteiger partial charge in [-0.2, -0.15) is 5.26 Å². The first-order valence-electron chi connectivity index (χ1n) is 8.93. The Labute approximate surface area is 185 Å². The highest BCUT2D eigenvalue weighted by Gasteiger charge is 2.09. The minimum Gasteiger partial charge on any atom is -0.488 e. The number of hydrogen-bond acceptors (Lipinski definition) is 2. The fraction of sp³-hybridized carbons (Fsp3) is 0.125. The highest BCUT2D eigenvalue weighted by Crippen LogP contribution is 2.29. The lowest BCUT2D eigenvalue weighted by atomic mass is 10.0. The van der Waals surface area contributed by atoms with E-state index in [1.807, 2.05) is 50.3 Å². The molecule has 0 spiro atoms. The van der Waals surface area contributed by atoms with Crippen LogP contribution >= 0.6 is 34.8 Å². The number of hydrogen-bond donors (Lipinski definition) is 0. The van der Waals surface area contributed by atoms with E-state index in [4.69, 9.17) is 39.5 Å². The van der Waals surface area contributed by atoms with Crippen LogP contribution in [0.25, 0.3) is 11.6 Å². The molecule has 0 aliphatic carbocycles. The van der Waals surface area contributed by atoms with E-state index in [1.165, 1.54) is 0 Å². The average Bonchev–Trinajstić information content (AvgIpc) is 2.67. The van der Waals surface area contributed by atoms with E-state index in [1.54, 1.807) is 24.3 Å². The molecule has 0 heterocycles. The van der Waals surface area contributed by atoms with Gasteiger partial charge in [-0.3, -0.25) is 0 Å². The van der Waals surface area contributed by atoms with E-state index in [9.17, 15) is 5.26 Å². The third-order valence-electron chi connectivity index (χ3n) is 4.46. The van der Waals surface area contributed by atoms with Crippen LogP contribution in [0.3, 0.4) is 0 Å². The van der Waals surface area contributed by atoms with E-state index in [0.717, 1.165) is 33.6 Å². The van der Waals surface area contributed by atoms with Gasteiger partial charge in [0.1, 0.15) is 12.4 Å². The van der Waals surface area contributed by atoms with Gasteiger partial charge in [0.05, 0.1) is 11.6 Å². The first-order chi connectivity index (χ1) is 13.9. The standard InChI is InChI=1S/C24H18Cl3NO/c1-15-9-17(11-20(13-28)18-3-6-21(25)7-4-18)10-16(2)24(15)29-14-19-5-8-22(26)12-23(19)27/h3-12H,14H2,1-2H3/b20-11+. The van der Waals surface area contributed by atoms with Crippen LogP contribution in [0, 0.1) is 25.2 Å². The Hall–Kier alpha value is -2.44. The third kappa shape index (κ3) is 5.34. The summed E-state index contributed by atoms with van der Waals surface area (Å²) in [5.41, 5.74) is 5.16. The number of halogens is 3. The zero-order valence-corrected chi connectivity index (χ0v) is 18.2. The van der Waals surface area contributed by atoms with Gasteiger partial charge in [0, 0.05) is 20.6 Å². The van der Waals surface area contributed by atoms with Gasteiger partial charge in [-0.05, 0) is 78.6 Å². The molecule has 0 radical (unpaired) electrons. The normalized spacial score (nSPS) is 11.2. The molecule has 2 nitrogen and oxygen atoms in total. The Balaban J connectivity index is 1.85. The molecular weight excluding hydrogens is 425 g/mol. The first-order valence-corrected chi connectivity index (χ1v) is 10.1. The van der Waals surface area contributed by atoms with Crippen LogP contribution in [0.1, 0.15) is 27.8 Å². The van der Waals surface area contributed by atoms with Gasteiger partial charge in [0.2, 0.25) is 0 Å². The molecule has 146 valence electrons. The zero-order valence-electron chi connectivity index (χ0n) is 16.0. The van der Waals surface area contributed by atoms with Crippen molar-refractivity contribution >= 4 is 46.5 Å². The minimum absolute atomic E-state index is 0.348. The number of allylic oxidation sites excluding steroid dienone is 1. The molecule has 0 amide bonds. The van der Waals surface area contributed by atoms with Crippen LogP contribution < -0.4 is 4.74 Å². The highest BCUT2D eigenvalue weighted by molar-refractivity contribution is 6.35. The summed E-state index contributed by atoms with van der Waals surface area (Å²) < 4.78 is 6.03. The lowest BCUT2D eigenvalue weighted by Crippen LogP contribution is -2.00. The minimum atomic E-state index is 0.348. The number of nitrogens with zero attached hydrogens (tertiary/aromatic N) is 1. The van der Waals surface area contributed by atoms with Crippen molar-refractivity contribution in [1.29, 1.82) is 5.26 Å². The van der Waals surface area contributed by atoms with Crippen molar-refractivity contribution in [3.63, 3.8) is 0 Å². The Bertz CT molecular complexity index is 1090. The molecule has 0 N–H and O–H groups in total. The molecule has 0 unspecified atom stereocenters. The summed E-state index contributed by atoms with van der Waals surface area (Å²) in [6, 6.07) is 18.8.